The van der Waals surface area contributed by atoms with Crippen LogP contribution in [0.4, 0.5) is 5.82 Å². The first-order valence-electron chi connectivity index (χ1n) is 4.96. The molecule has 0 atom stereocenters. The Kier molecular flexibility index (Phi) is 4.83. The number of anilines is 1. The van der Waals surface area contributed by atoms with E-state index in [1.807, 2.05) is 13.8 Å². The van der Waals surface area contributed by atoms with Gasteiger partial charge in [0.2, 0.25) is 5.88 Å². The van der Waals surface area contributed by atoms with Gasteiger partial charge in [-0.25, -0.2) is 9.97 Å². The number of rotatable bonds is 6. The molecule has 0 aromatic carbocycles. The number of nitrogens with zero attached hydrogens (tertiary/aromatic N) is 2. The van der Waals surface area contributed by atoms with Gasteiger partial charge in [-0.15, -0.1) is 0 Å². The van der Waals surface area contributed by atoms with Crippen LogP contribution in [0.3, 0.4) is 0 Å². The molecule has 5 nitrogen and oxygen atoms in total. The molecule has 1 rings (SSSR count). The van der Waals surface area contributed by atoms with E-state index in [4.69, 9.17) is 9.47 Å². The maximum Gasteiger partial charge on any atom is 0.221 e. The Bertz CT molecular complexity index is 305. The Hall–Kier alpha value is -1.36. The number of nitrogens with one attached hydrogen (secondary N) is 1. The summed E-state index contributed by atoms with van der Waals surface area (Å²) >= 11 is 0. The third-order valence-electron chi connectivity index (χ3n) is 1.97. The van der Waals surface area contributed by atoms with Crippen molar-refractivity contribution < 1.29 is 9.47 Å². The molecule has 0 aliphatic carbocycles. The van der Waals surface area contributed by atoms with Crippen molar-refractivity contribution >= 4 is 5.82 Å². The molecule has 0 aliphatic rings. The van der Waals surface area contributed by atoms with Gasteiger partial charge in [-0.2, -0.15) is 0 Å². The molecular formula is C10H17N3O2. The van der Waals surface area contributed by atoms with Crippen LogP contribution in [0.1, 0.15) is 12.5 Å². The second kappa shape index (κ2) is 6.19. The van der Waals surface area contributed by atoms with Crippen LogP contribution >= 0.6 is 0 Å². The van der Waals surface area contributed by atoms with Crippen LogP contribution in [0.2, 0.25) is 0 Å². The molecule has 0 unspecified atom stereocenters. The van der Waals surface area contributed by atoms with Gasteiger partial charge in [0.1, 0.15) is 12.1 Å². The third-order valence-corrected chi connectivity index (χ3v) is 1.97. The third kappa shape index (κ3) is 3.36. The molecule has 0 bridgehead atoms. The van der Waals surface area contributed by atoms with Gasteiger partial charge in [-0.05, 0) is 13.8 Å². The Balaban J connectivity index is 2.53. The zero-order valence-electron chi connectivity index (χ0n) is 9.41. The van der Waals surface area contributed by atoms with Gasteiger partial charge in [0.05, 0.1) is 19.3 Å². The van der Waals surface area contributed by atoms with E-state index in [-0.39, 0.29) is 0 Å². The Morgan fingerprint density at radius 1 is 1.40 bits per heavy atom. The van der Waals surface area contributed by atoms with Crippen molar-refractivity contribution in [3.63, 3.8) is 0 Å². The van der Waals surface area contributed by atoms with E-state index >= 15 is 0 Å². The van der Waals surface area contributed by atoms with Crippen LogP contribution in [-0.2, 0) is 4.74 Å². The molecule has 1 aromatic rings. The van der Waals surface area contributed by atoms with E-state index in [9.17, 15) is 0 Å². The molecule has 0 radical (unpaired) electrons. The van der Waals surface area contributed by atoms with Gasteiger partial charge in [0, 0.05) is 13.2 Å². The summed E-state index contributed by atoms with van der Waals surface area (Å²) in [6.45, 7) is 6.02. The van der Waals surface area contributed by atoms with E-state index in [1.54, 1.807) is 7.11 Å². The molecule has 0 amide bonds. The minimum Gasteiger partial charge on any atom is -0.481 e. The van der Waals surface area contributed by atoms with Gasteiger partial charge in [0.25, 0.3) is 0 Å². The zero-order chi connectivity index (χ0) is 11.1. The largest absolute Gasteiger partial charge is 0.481 e. The normalized spacial score (nSPS) is 10.1. The second-order valence-corrected chi connectivity index (χ2v) is 2.98. The summed E-state index contributed by atoms with van der Waals surface area (Å²) in [7, 11) is 1.60. The number of ether oxygens (including phenoxy) is 2. The zero-order valence-corrected chi connectivity index (χ0v) is 9.41. The average Bonchev–Trinajstić information content (AvgIpc) is 2.26. The van der Waals surface area contributed by atoms with E-state index in [2.05, 4.69) is 15.3 Å². The first-order chi connectivity index (χ1) is 7.29. The number of methoxy groups -OCH3 is 1. The van der Waals surface area contributed by atoms with Gasteiger partial charge in [-0.1, -0.05) is 0 Å². The minimum absolute atomic E-state index is 0.601. The lowest BCUT2D eigenvalue weighted by Gasteiger charge is -2.10. The van der Waals surface area contributed by atoms with Crippen LogP contribution in [0.25, 0.3) is 0 Å². The Morgan fingerprint density at radius 2 is 2.20 bits per heavy atom. The van der Waals surface area contributed by atoms with Crippen LogP contribution in [0.15, 0.2) is 6.33 Å². The first-order valence-corrected chi connectivity index (χ1v) is 4.96. The highest BCUT2D eigenvalue weighted by atomic mass is 16.5. The maximum absolute atomic E-state index is 5.21. The average molecular weight is 211 g/mol. The lowest BCUT2D eigenvalue weighted by atomic mass is 10.3. The van der Waals surface area contributed by atoms with Gasteiger partial charge in [0.15, 0.2) is 0 Å². The second-order valence-electron chi connectivity index (χ2n) is 2.98. The molecule has 0 spiro atoms. The molecule has 0 saturated carbocycles. The van der Waals surface area contributed by atoms with Gasteiger partial charge >= 0.3 is 0 Å². The fourth-order valence-electron chi connectivity index (χ4n) is 1.20. The van der Waals surface area contributed by atoms with Gasteiger partial charge < -0.3 is 14.8 Å². The first kappa shape index (κ1) is 11.7. The fraction of sp³-hybridized carbons (Fsp3) is 0.600. The van der Waals surface area contributed by atoms with Crippen molar-refractivity contribution in [1.82, 2.24) is 9.97 Å². The predicted molar refractivity (Wildman–Crippen MR) is 58.3 cm³/mol. The number of hydrogen-bond donors (Lipinski definition) is 1. The van der Waals surface area contributed by atoms with Crippen LogP contribution in [-0.4, -0.2) is 36.8 Å². The summed E-state index contributed by atoms with van der Waals surface area (Å²) in [6.07, 6.45) is 1.48. The van der Waals surface area contributed by atoms with Crippen molar-refractivity contribution in [2.24, 2.45) is 0 Å². The SMILES string of the molecule is CCOCCNc1ncnc(OC)c1C. The number of aromatic nitrogens is 2. The molecule has 1 heterocycles. The maximum atomic E-state index is 5.21. The smallest absolute Gasteiger partial charge is 0.221 e. The van der Waals surface area contributed by atoms with Crippen LogP contribution in [0, 0.1) is 6.92 Å². The van der Waals surface area contributed by atoms with Crippen molar-refractivity contribution in [1.29, 1.82) is 0 Å². The summed E-state index contributed by atoms with van der Waals surface area (Å²) in [5.41, 5.74) is 0.913. The molecule has 0 fully saturated rings. The van der Waals surface area contributed by atoms with E-state index in [1.165, 1.54) is 6.33 Å². The topological polar surface area (TPSA) is 56.3 Å². The summed E-state index contributed by atoms with van der Waals surface area (Å²) in [6, 6.07) is 0. The summed E-state index contributed by atoms with van der Waals surface area (Å²) in [5, 5.41) is 3.17. The van der Waals surface area contributed by atoms with Gasteiger partial charge in [-0.3, -0.25) is 0 Å². The van der Waals surface area contributed by atoms with Crippen molar-refractivity contribution in [3.05, 3.63) is 11.9 Å². The minimum atomic E-state index is 0.601. The highest BCUT2D eigenvalue weighted by molar-refractivity contribution is 5.47. The van der Waals surface area contributed by atoms with E-state index in [0.717, 1.165) is 24.5 Å². The van der Waals surface area contributed by atoms with Crippen molar-refractivity contribution in [3.8, 4) is 5.88 Å². The van der Waals surface area contributed by atoms with Crippen LogP contribution < -0.4 is 10.1 Å². The highest BCUT2D eigenvalue weighted by Gasteiger charge is 2.05. The molecule has 5 heteroatoms. The fourth-order valence-corrected chi connectivity index (χ4v) is 1.20. The lowest BCUT2D eigenvalue weighted by Crippen LogP contribution is -2.11. The molecule has 0 saturated heterocycles. The van der Waals surface area contributed by atoms with E-state index < -0.39 is 0 Å². The standard InChI is InChI=1S/C10H17N3O2/c1-4-15-6-5-11-9-8(2)10(14-3)13-7-12-9/h7H,4-6H2,1-3H3,(H,11,12,13). The monoisotopic (exact) mass is 211 g/mol. The highest BCUT2D eigenvalue weighted by Crippen LogP contribution is 2.19. The Morgan fingerprint density at radius 3 is 2.87 bits per heavy atom. The molecule has 0 aliphatic heterocycles. The molecule has 1 aromatic heterocycles. The summed E-state index contributed by atoms with van der Waals surface area (Å²) in [5.74, 6) is 1.39. The lowest BCUT2D eigenvalue weighted by molar-refractivity contribution is 0.158. The molecular weight excluding hydrogens is 194 g/mol. The predicted octanol–water partition coefficient (Wildman–Crippen LogP) is 1.24. The van der Waals surface area contributed by atoms with E-state index in [0.29, 0.717) is 12.5 Å². The summed E-state index contributed by atoms with van der Waals surface area (Å²) in [4.78, 5) is 8.12. The molecule has 1 N–H and O–H groups in total. The summed E-state index contributed by atoms with van der Waals surface area (Å²) < 4.78 is 10.3. The molecule has 15 heavy (non-hydrogen) atoms. The Labute approximate surface area is 89.8 Å². The van der Waals surface area contributed by atoms with Crippen LogP contribution in [0.5, 0.6) is 5.88 Å². The van der Waals surface area contributed by atoms with Crippen molar-refractivity contribution in [2.75, 3.05) is 32.2 Å². The quantitative estimate of drug-likeness (QED) is 0.717. The molecule has 84 valence electrons. The van der Waals surface area contributed by atoms with Crippen molar-refractivity contribution in [2.45, 2.75) is 13.8 Å². The number of hydrogen-bond acceptors (Lipinski definition) is 5.